The van der Waals surface area contributed by atoms with Crippen molar-refractivity contribution in [2.24, 2.45) is 0 Å². The van der Waals surface area contributed by atoms with Crippen LogP contribution in [0.3, 0.4) is 0 Å². The molecular weight excluding hydrogens is 100 g/mol. The van der Waals surface area contributed by atoms with Crippen LogP contribution >= 0.6 is 24.0 Å². The van der Waals surface area contributed by atoms with Gasteiger partial charge in [-0.3, -0.25) is 0 Å². The molecule has 0 spiro atoms. The molecule has 0 unspecified atom stereocenters. The van der Waals surface area contributed by atoms with E-state index in [4.69, 9.17) is 0 Å². The summed E-state index contributed by atoms with van der Waals surface area (Å²) in [6.45, 7) is 2.05. The summed E-state index contributed by atoms with van der Waals surface area (Å²) < 4.78 is 2.52. The molecule has 2 heteroatoms. The van der Waals surface area contributed by atoms with E-state index in [9.17, 15) is 0 Å². The number of rotatable bonds is 2. The Balaban J connectivity index is 2.40. The molecule has 5 heavy (non-hydrogen) atoms. The van der Waals surface area contributed by atoms with Crippen molar-refractivity contribution in [3.8, 4) is 0 Å². The maximum absolute atomic E-state index is 4.36. The molecule has 29 valence electrons. The molecular formula is C3H5S2. The van der Waals surface area contributed by atoms with Crippen molar-refractivity contribution in [2.45, 2.75) is 6.92 Å². The van der Waals surface area contributed by atoms with Gasteiger partial charge in [0.25, 0.3) is 0 Å². The van der Waals surface area contributed by atoms with Gasteiger partial charge in [0.05, 0.1) is 4.70 Å². The van der Waals surface area contributed by atoms with Crippen molar-refractivity contribution in [2.75, 3.05) is 5.75 Å². The van der Waals surface area contributed by atoms with Gasteiger partial charge in [-0.2, -0.15) is 0 Å². The number of hydrogen-bond donors (Lipinski definition) is 0. The lowest BCUT2D eigenvalue weighted by molar-refractivity contribution is 1.54. The standard InChI is InChI=1S/C3H5S2/c1-2-5-3-4/h2H2,1H3. The molecule has 0 aliphatic rings. The Hall–Kier alpha value is 0.440. The van der Waals surface area contributed by atoms with Crippen LogP contribution in [0.2, 0.25) is 0 Å². The number of thioether (sulfide) groups is 1. The normalized spacial score (nSPS) is 7.40. The fraction of sp³-hybridized carbons (Fsp3) is 0.667. The van der Waals surface area contributed by atoms with Crippen molar-refractivity contribution in [3.63, 3.8) is 0 Å². The quantitative estimate of drug-likeness (QED) is 0.489. The minimum Gasteiger partial charge on any atom is -0.113 e. The van der Waals surface area contributed by atoms with Gasteiger partial charge in [0.2, 0.25) is 0 Å². The Morgan fingerprint density at radius 3 is 2.60 bits per heavy atom. The summed E-state index contributed by atoms with van der Waals surface area (Å²) in [7, 11) is 0. The Morgan fingerprint density at radius 2 is 2.60 bits per heavy atom. The highest BCUT2D eigenvalue weighted by Gasteiger charge is 1.64. The summed E-state index contributed by atoms with van der Waals surface area (Å²) >= 11 is 5.89. The third-order valence-electron chi connectivity index (χ3n) is 0.203. The lowest BCUT2D eigenvalue weighted by Crippen LogP contribution is -1.57. The van der Waals surface area contributed by atoms with Gasteiger partial charge in [-0.1, -0.05) is 19.1 Å². The Kier molecular flexibility index (Phi) is 4.83. The van der Waals surface area contributed by atoms with Gasteiger partial charge >= 0.3 is 0 Å². The average Bonchev–Trinajstić information content (AvgIpc) is 1.41. The van der Waals surface area contributed by atoms with E-state index in [1.54, 1.807) is 0 Å². The summed E-state index contributed by atoms with van der Waals surface area (Å²) in [5, 5.41) is 0. The smallest absolute Gasteiger partial charge is 0.0951 e. The lowest BCUT2D eigenvalue weighted by Gasteiger charge is -1.70. The largest absolute Gasteiger partial charge is 0.113 e. The molecule has 0 amide bonds. The molecule has 1 radical (unpaired) electrons. The van der Waals surface area contributed by atoms with Crippen molar-refractivity contribution in [1.82, 2.24) is 0 Å². The fourth-order valence-corrected chi connectivity index (χ4v) is 0.530. The molecule has 0 aromatic rings. The van der Waals surface area contributed by atoms with Crippen molar-refractivity contribution >= 4 is 28.7 Å². The first-order chi connectivity index (χ1) is 2.41. The van der Waals surface area contributed by atoms with Gasteiger partial charge in [-0.05, 0) is 5.75 Å². The Bertz CT molecular complexity index is 26.1. The molecule has 0 aromatic carbocycles. The number of hydrogen-bond acceptors (Lipinski definition) is 2. The molecule has 0 N–H and O–H groups in total. The third-order valence-corrected chi connectivity index (χ3v) is 0.963. The highest BCUT2D eigenvalue weighted by molar-refractivity contribution is 8.20. The molecule has 0 saturated heterocycles. The van der Waals surface area contributed by atoms with Gasteiger partial charge in [0.15, 0.2) is 0 Å². The third kappa shape index (κ3) is 4.44. The van der Waals surface area contributed by atoms with Crippen LogP contribution < -0.4 is 0 Å². The molecule has 0 nitrogen and oxygen atoms in total. The molecule has 0 atom stereocenters. The summed E-state index contributed by atoms with van der Waals surface area (Å²) in [5.74, 6) is 1.05. The van der Waals surface area contributed by atoms with Gasteiger partial charge < -0.3 is 0 Å². The van der Waals surface area contributed by atoms with Gasteiger partial charge in [-0.25, -0.2) is 0 Å². The molecule has 0 rings (SSSR count). The molecule has 0 aliphatic heterocycles. The van der Waals surface area contributed by atoms with E-state index in [-0.39, 0.29) is 0 Å². The Morgan fingerprint density at radius 1 is 2.00 bits per heavy atom. The highest BCUT2D eigenvalue weighted by atomic mass is 32.2. The predicted octanol–water partition coefficient (Wildman–Crippen LogP) is 1.57. The minimum atomic E-state index is 1.05. The first-order valence-electron chi connectivity index (χ1n) is 1.40. The first-order valence-corrected chi connectivity index (χ1v) is 2.80. The van der Waals surface area contributed by atoms with Crippen LogP contribution in [0.1, 0.15) is 6.92 Å². The zero-order chi connectivity index (χ0) is 4.12. The molecule has 0 fully saturated rings. The number of thiocarbonyl (C=S) groups is 1. The summed E-state index contributed by atoms with van der Waals surface area (Å²) in [4.78, 5) is 0. The maximum atomic E-state index is 4.36. The zero-order valence-corrected chi connectivity index (χ0v) is 4.66. The first kappa shape index (κ1) is 5.44. The van der Waals surface area contributed by atoms with E-state index in [0.717, 1.165) is 5.75 Å². The average molecular weight is 105 g/mol. The SMILES string of the molecule is CCS[C]=S. The summed E-state index contributed by atoms with van der Waals surface area (Å²) in [6.07, 6.45) is 0. The van der Waals surface area contributed by atoms with Crippen molar-refractivity contribution in [3.05, 3.63) is 0 Å². The summed E-state index contributed by atoms with van der Waals surface area (Å²) in [6, 6.07) is 0. The molecule has 0 saturated carbocycles. The van der Waals surface area contributed by atoms with Crippen LogP contribution in [0.4, 0.5) is 0 Å². The highest BCUT2D eigenvalue weighted by Crippen LogP contribution is 1.88. The fourth-order valence-electron chi connectivity index (χ4n) is 0.0589. The van der Waals surface area contributed by atoms with E-state index >= 15 is 0 Å². The van der Waals surface area contributed by atoms with Gasteiger partial charge in [0.1, 0.15) is 0 Å². The lowest BCUT2D eigenvalue weighted by atomic mass is 11.0. The predicted molar refractivity (Wildman–Crippen MR) is 30.7 cm³/mol. The van der Waals surface area contributed by atoms with Crippen molar-refractivity contribution < 1.29 is 0 Å². The Labute approximate surface area is 42.0 Å². The van der Waals surface area contributed by atoms with E-state index in [0.29, 0.717) is 0 Å². The van der Waals surface area contributed by atoms with E-state index in [2.05, 4.69) is 16.9 Å². The molecule has 0 heterocycles. The van der Waals surface area contributed by atoms with Crippen LogP contribution in [-0.2, 0) is 0 Å². The molecule has 0 aromatic heterocycles. The maximum Gasteiger partial charge on any atom is 0.0951 e. The van der Waals surface area contributed by atoms with E-state index in [1.807, 2.05) is 6.92 Å². The van der Waals surface area contributed by atoms with E-state index in [1.165, 1.54) is 11.8 Å². The summed E-state index contributed by atoms with van der Waals surface area (Å²) in [5.41, 5.74) is 0. The molecule has 0 bridgehead atoms. The van der Waals surface area contributed by atoms with Crippen LogP contribution in [-0.4, -0.2) is 10.5 Å². The van der Waals surface area contributed by atoms with Gasteiger partial charge in [-0.15, -0.1) is 11.8 Å². The van der Waals surface area contributed by atoms with Crippen LogP contribution in [0.15, 0.2) is 0 Å². The zero-order valence-electron chi connectivity index (χ0n) is 3.02. The van der Waals surface area contributed by atoms with Crippen molar-refractivity contribution in [1.29, 1.82) is 0 Å². The van der Waals surface area contributed by atoms with Crippen LogP contribution in [0, 0.1) is 0 Å². The topological polar surface area (TPSA) is 0 Å². The minimum absolute atomic E-state index is 1.05. The second-order valence-electron chi connectivity index (χ2n) is 0.516. The molecule has 0 aliphatic carbocycles. The second kappa shape index (κ2) is 4.44. The van der Waals surface area contributed by atoms with Crippen LogP contribution in [0.5, 0.6) is 0 Å². The van der Waals surface area contributed by atoms with Gasteiger partial charge in [0, 0.05) is 0 Å². The van der Waals surface area contributed by atoms with E-state index < -0.39 is 0 Å². The van der Waals surface area contributed by atoms with Crippen LogP contribution in [0.25, 0.3) is 0 Å². The second-order valence-corrected chi connectivity index (χ2v) is 2.05. The monoisotopic (exact) mass is 105 g/mol.